The first-order valence-corrected chi connectivity index (χ1v) is 6.49. The van der Waals surface area contributed by atoms with E-state index in [9.17, 15) is 4.79 Å². The van der Waals surface area contributed by atoms with Gasteiger partial charge in [0.2, 0.25) is 0 Å². The van der Waals surface area contributed by atoms with E-state index in [1.165, 1.54) is 7.11 Å². The van der Waals surface area contributed by atoms with E-state index in [2.05, 4.69) is 10.3 Å². The molecule has 1 unspecified atom stereocenters. The van der Waals surface area contributed by atoms with Gasteiger partial charge in [-0.1, -0.05) is 36.4 Å². The van der Waals surface area contributed by atoms with Gasteiger partial charge < -0.3 is 4.74 Å². The van der Waals surface area contributed by atoms with Gasteiger partial charge in [-0.05, 0) is 24.6 Å². The second-order valence-corrected chi connectivity index (χ2v) is 4.52. The van der Waals surface area contributed by atoms with Gasteiger partial charge in [-0.3, -0.25) is 10.3 Å². The Balaban J connectivity index is 2.11. The molecule has 1 aromatic heterocycles. The largest absolute Gasteiger partial charge is 0.468 e. The minimum Gasteiger partial charge on any atom is -0.468 e. The number of methoxy groups -OCH3 is 1. The number of nitrogens with one attached hydrogen (secondary N) is 1. The molecule has 0 fully saturated rings. The Kier molecular flexibility index (Phi) is 4.85. The molecule has 104 valence electrons. The first-order valence-electron chi connectivity index (χ1n) is 6.49. The summed E-state index contributed by atoms with van der Waals surface area (Å²) >= 11 is 0. The third-order valence-electron chi connectivity index (χ3n) is 3.00. The molecule has 0 aliphatic heterocycles. The van der Waals surface area contributed by atoms with E-state index < -0.39 is 6.04 Å². The number of hydrogen-bond acceptors (Lipinski definition) is 4. The van der Waals surface area contributed by atoms with Crippen LogP contribution in [-0.2, 0) is 16.1 Å². The van der Waals surface area contributed by atoms with Gasteiger partial charge in [0.1, 0.15) is 6.04 Å². The number of carbonyl (C=O) groups excluding carboxylic acids is 1. The Morgan fingerprint density at radius 1 is 1.20 bits per heavy atom. The van der Waals surface area contributed by atoms with Crippen molar-refractivity contribution in [1.29, 1.82) is 0 Å². The zero-order valence-electron chi connectivity index (χ0n) is 11.7. The molecule has 0 aliphatic carbocycles. The molecule has 0 radical (unpaired) electrons. The zero-order valence-corrected chi connectivity index (χ0v) is 11.7. The molecule has 1 atom stereocenters. The first kappa shape index (κ1) is 14.2. The van der Waals surface area contributed by atoms with Crippen LogP contribution in [0.15, 0.2) is 48.5 Å². The molecule has 0 amide bonds. The van der Waals surface area contributed by atoms with E-state index in [0.717, 1.165) is 17.0 Å². The zero-order chi connectivity index (χ0) is 14.4. The van der Waals surface area contributed by atoms with E-state index in [0.29, 0.717) is 6.54 Å². The molecule has 1 aromatic carbocycles. The van der Waals surface area contributed by atoms with Crippen molar-refractivity contribution in [2.75, 3.05) is 7.11 Å². The molecule has 20 heavy (non-hydrogen) atoms. The van der Waals surface area contributed by atoms with Crippen molar-refractivity contribution in [3.63, 3.8) is 0 Å². The highest BCUT2D eigenvalue weighted by atomic mass is 16.5. The standard InChI is InChI=1S/C16H18N2O2/c1-12-7-6-10-14(18-12)11-17-15(16(19)20-2)13-8-4-3-5-9-13/h3-10,15,17H,11H2,1-2H3. The molecule has 0 saturated heterocycles. The number of esters is 1. The fraction of sp³-hybridized carbons (Fsp3) is 0.250. The van der Waals surface area contributed by atoms with Crippen LogP contribution in [0, 0.1) is 6.92 Å². The van der Waals surface area contributed by atoms with E-state index in [1.807, 2.05) is 55.5 Å². The maximum absolute atomic E-state index is 11.9. The van der Waals surface area contributed by atoms with Gasteiger partial charge in [0.05, 0.1) is 12.8 Å². The molecule has 0 aliphatic rings. The third kappa shape index (κ3) is 3.65. The lowest BCUT2D eigenvalue weighted by molar-refractivity contribution is -0.143. The lowest BCUT2D eigenvalue weighted by Gasteiger charge is -2.16. The van der Waals surface area contributed by atoms with Crippen molar-refractivity contribution >= 4 is 5.97 Å². The van der Waals surface area contributed by atoms with Gasteiger partial charge in [-0.15, -0.1) is 0 Å². The van der Waals surface area contributed by atoms with Crippen LogP contribution in [0.2, 0.25) is 0 Å². The Morgan fingerprint density at radius 3 is 2.60 bits per heavy atom. The summed E-state index contributed by atoms with van der Waals surface area (Å²) in [6.45, 7) is 2.45. The molecule has 0 saturated carbocycles. The second-order valence-electron chi connectivity index (χ2n) is 4.52. The van der Waals surface area contributed by atoms with Crippen LogP contribution in [-0.4, -0.2) is 18.1 Å². The highest BCUT2D eigenvalue weighted by Crippen LogP contribution is 2.14. The summed E-state index contributed by atoms with van der Waals surface area (Å²) in [5, 5.41) is 3.19. The monoisotopic (exact) mass is 270 g/mol. The van der Waals surface area contributed by atoms with Crippen LogP contribution < -0.4 is 5.32 Å². The van der Waals surface area contributed by atoms with Crippen LogP contribution in [0.3, 0.4) is 0 Å². The molecule has 2 aromatic rings. The summed E-state index contributed by atoms with van der Waals surface area (Å²) in [4.78, 5) is 16.3. The maximum Gasteiger partial charge on any atom is 0.327 e. The normalized spacial score (nSPS) is 11.9. The Bertz CT molecular complexity index is 570. The van der Waals surface area contributed by atoms with E-state index in [1.54, 1.807) is 0 Å². The van der Waals surface area contributed by atoms with Crippen molar-refractivity contribution in [2.45, 2.75) is 19.5 Å². The summed E-state index contributed by atoms with van der Waals surface area (Å²) in [7, 11) is 1.39. The van der Waals surface area contributed by atoms with Crippen molar-refractivity contribution in [3.05, 3.63) is 65.5 Å². The average molecular weight is 270 g/mol. The highest BCUT2D eigenvalue weighted by molar-refractivity contribution is 5.77. The predicted octanol–water partition coefficient (Wildman–Crippen LogP) is 2.39. The summed E-state index contributed by atoms with van der Waals surface area (Å²) in [6, 6.07) is 14.9. The van der Waals surface area contributed by atoms with E-state index in [4.69, 9.17) is 4.74 Å². The lowest BCUT2D eigenvalue weighted by atomic mass is 10.1. The van der Waals surface area contributed by atoms with Crippen LogP contribution in [0.25, 0.3) is 0 Å². The van der Waals surface area contributed by atoms with Gasteiger partial charge in [-0.25, -0.2) is 4.79 Å². The number of carbonyl (C=O) groups is 1. The number of aromatic nitrogens is 1. The van der Waals surface area contributed by atoms with Gasteiger partial charge >= 0.3 is 5.97 Å². The quantitative estimate of drug-likeness (QED) is 0.848. The number of nitrogens with zero attached hydrogens (tertiary/aromatic N) is 1. The molecular weight excluding hydrogens is 252 g/mol. The van der Waals surface area contributed by atoms with Crippen molar-refractivity contribution in [1.82, 2.24) is 10.3 Å². The SMILES string of the molecule is COC(=O)C(NCc1cccc(C)n1)c1ccccc1. The third-order valence-corrected chi connectivity index (χ3v) is 3.00. The number of benzene rings is 1. The lowest BCUT2D eigenvalue weighted by Crippen LogP contribution is -2.29. The minimum absolute atomic E-state index is 0.302. The predicted molar refractivity (Wildman–Crippen MR) is 77.0 cm³/mol. The Hall–Kier alpha value is -2.20. The van der Waals surface area contributed by atoms with Crippen LogP contribution in [0.4, 0.5) is 0 Å². The summed E-state index contributed by atoms with van der Waals surface area (Å²) < 4.78 is 4.86. The molecule has 0 spiro atoms. The molecule has 4 nitrogen and oxygen atoms in total. The van der Waals surface area contributed by atoms with Gasteiger partial charge in [0, 0.05) is 12.2 Å². The summed E-state index contributed by atoms with van der Waals surface area (Å²) in [6.07, 6.45) is 0. The first-order chi connectivity index (χ1) is 9.70. The van der Waals surface area contributed by atoms with Crippen LogP contribution >= 0.6 is 0 Å². The molecular formula is C16H18N2O2. The number of rotatable bonds is 5. The molecule has 0 bridgehead atoms. The number of ether oxygens (including phenoxy) is 1. The Labute approximate surface area is 118 Å². The highest BCUT2D eigenvalue weighted by Gasteiger charge is 2.20. The topological polar surface area (TPSA) is 51.2 Å². The number of aryl methyl sites for hydroxylation is 1. The van der Waals surface area contributed by atoms with Crippen molar-refractivity contribution < 1.29 is 9.53 Å². The van der Waals surface area contributed by atoms with Gasteiger partial charge in [0.15, 0.2) is 0 Å². The maximum atomic E-state index is 11.9. The van der Waals surface area contributed by atoms with E-state index in [-0.39, 0.29) is 5.97 Å². The van der Waals surface area contributed by atoms with Gasteiger partial charge in [0.25, 0.3) is 0 Å². The molecule has 4 heteroatoms. The number of pyridine rings is 1. The van der Waals surface area contributed by atoms with Crippen molar-refractivity contribution in [2.24, 2.45) is 0 Å². The average Bonchev–Trinajstić information content (AvgIpc) is 2.48. The van der Waals surface area contributed by atoms with Gasteiger partial charge in [-0.2, -0.15) is 0 Å². The fourth-order valence-electron chi connectivity index (χ4n) is 2.01. The Morgan fingerprint density at radius 2 is 1.95 bits per heavy atom. The van der Waals surface area contributed by atoms with Crippen LogP contribution in [0.1, 0.15) is 23.0 Å². The summed E-state index contributed by atoms with van der Waals surface area (Å²) in [5.41, 5.74) is 2.74. The van der Waals surface area contributed by atoms with Crippen LogP contribution in [0.5, 0.6) is 0 Å². The smallest absolute Gasteiger partial charge is 0.327 e. The molecule has 1 heterocycles. The minimum atomic E-state index is -0.483. The molecule has 1 N–H and O–H groups in total. The summed E-state index contributed by atoms with van der Waals surface area (Å²) in [5.74, 6) is -0.302. The number of hydrogen-bond donors (Lipinski definition) is 1. The van der Waals surface area contributed by atoms with E-state index >= 15 is 0 Å². The fourth-order valence-corrected chi connectivity index (χ4v) is 2.01. The van der Waals surface area contributed by atoms with Crippen molar-refractivity contribution in [3.8, 4) is 0 Å². The molecule has 2 rings (SSSR count). The second kappa shape index (κ2) is 6.82.